The number of aryl methyl sites for hydroxylation is 1. The molecular formula is C12H18N2O2S. The van der Waals surface area contributed by atoms with E-state index in [0.29, 0.717) is 13.0 Å². The van der Waals surface area contributed by atoms with Crippen LogP contribution in [0, 0.1) is 12.8 Å². The number of thiocarbonyl (C=S) groups is 1. The first-order valence-electron chi connectivity index (χ1n) is 5.55. The maximum Gasteiger partial charge on any atom is 0.232 e. The topological polar surface area (TPSA) is 59.5 Å². The Hall–Kier alpha value is -1.36. The van der Waals surface area contributed by atoms with Crippen LogP contribution in [0.2, 0.25) is 0 Å². The smallest absolute Gasteiger partial charge is 0.232 e. The quantitative estimate of drug-likeness (QED) is 0.815. The number of nitrogens with zero attached hydrogens (tertiary/aromatic N) is 1. The molecule has 0 fully saturated rings. The van der Waals surface area contributed by atoms with E-state index >= 15 is 0 Å². The van der Waals surface area contributed by atoms with E-state index in [-0.39, 0.29) is 16.8 Å². The minimum absolute atomic E-state index is 0.0611. The molecule has 1 unspecified atom stereocenters. The molecule has 0 spiro atoms. The standard InChI is InChI=1S/C12H18N2O2S/c1-4-10(11(13)17)12(15)14(3)7-9-6-5-8(2)16-9/h5-6,10H,4,7H2,1-3H3,(H2,13,17). The summed E-state index contributed by atoms with van der Waals surface area (Å²) >= 11 is 4.89. The molecule has 1 rings (SSSR count). The van der Waals surface area contributed by atoms with Gasteiger partial charge in [0.05, 0.1) is 17.5 Å². The molecule has 1 aromatic rings. The molecular weight excluding hydrogens is 236 g/mol. The largest absolute Gasteiger partial charge is 0.464 e. The predicted molar refractivity (Wildman–Crippen MR) is 70.5 cm³/mol. The van der Waals surface area contributed by atoms with Gasteiger partial charge in [-0.25, -0.2) is 0 Å². The molecule has 1 atom stereocenters. The van der Waals surface area contributed by atoms with Crippen LogP contribution in [0.4, 0.5) is 0 Å². The summed E-state index contributed by atoms with van der Waals surface area (Å²) in [4.78, 5) is 13.9. The SMILES string of the molecule is CCC(C(=O)N(C)Cc1ccc(C)o1)C(N)=S. The molecule has 94 valence electrons. The van der Waals surface area contributed by atoms with Crippen molar-refractivity contribution in [2.45, 2.75) is 26.8 Å². The number of furan rings is 1. The third-order valence-electron chi connectivity index (χ3n) is 2.62. The molecule has 4 nitrogen and oxygen atoms in total. The van der Waals surface area contributed by atoms with Gasteiger partial charge in [0.15, 0.2) is 0 Å². The monoisotopic (exact) mass is 254 g/mol. The number of carbonyl (C=O) groups is 1. The zero-order valence-corrected chi connectivity index (χ0v) is 11.2. The fourth-order valence-corrected chi connectivity index (χ4v) is 1.91. The van der Waals surface area contributed by atoms with Gasteiger partial charge in [-0.3, -0.25) is 4.79 Å². The van der Waals surface area contributed by atoms with Gasteiger partial charge in [0.25, 0.3) is 0 Å². The van der Waals surface area contributed by atoms with E-state index in [1.54, 1.807) is 11.9 Å². The fraction of sp³-hybridized carbons (Fsp3) is 0.500. The van der Waals surface area contributed by atoms with Crippen LogP contribution in [0.5, 0.6) is 0 Å². The van der Waals surface area contributed by atoms with Gasteiger partial charge < -0.3 is 15.1 Å². The molecule has 5 heteroatoms. The first kappa shape index (κ1) is 13.7. The maximum absolute atomic E-state index is 12.0. The Bertz CT molecular complexity index is 414. The van der Waals surface area contributed by atoms with Gasteiger partial charge in [-0.1, -0.05) is 19.1 Å². The number of hydrogen-bond acceptors (Lipinski definition) is 3. The van der Waals surface area contributed by atoms with Crippen molar-refractivity contribution < 1.29 is 9.21 Å². The van der Waals surface area contributed by atoms with Gasteiger partial charge in [0, 0.05) is 7.05 Å². The summed E-state index contributed by atoms with van der Waals surface area (Å²) in [5, 5.41) is 0. The van der Waals surface area contributed by atoms with Crippen LogP contribution in [-0.2, 0) is 11.3 Å². The number of hydrogen-bond donors (Lipinski definition) is 1. The Morgan fingerprint density at radius 2 is 2.24 bits per heavy atom. The highest BCUT2D eigenvalue weighted by molar-refractivity contribution is 7.80. The summed E-state index contributed by atoms with van der Waals surface area (Å²) in [5.41, 5.74) is 5.54. The molecule has 0 radical (unpaired) electrons. The van der Waals surface area contributed by atoms with Crippen molar-refractivity contribution in [1.82, 2.24) is 4.90 Å². The minimum atomic E-state index is -0.383. The molecule has 0 bridgehead atoms. The molecule has 0 aliphatic heterocycles. The molecule has 0 saturated carbocycles. The van der Waals surface area contributed by atoms with Gasteiger partial charge in [-0.05, 0) is 25.5 Å². The van der Waals surface area contributed by atoms with Crippen LogP contribution in [0.25, 0.3) is 0 Å². The van der Waals surface area contributed by atoms with Crippen LogP contribution in [0.3, 0.4) is 0 Å². The second-order valence-corrected chi connectivity index (χ2v) is 4.54. The van der Waals surface area contributed by atoms with Crippen LogP contribution in [-0.4, -0.2) is 22.8 Å². The van der Waals surface area contributed by atoms with E-state index in [9.17, 15) is 4.79 Å². The van der Waals surface area contributed by atoms with Gasteiger partial charge in [0.1, 0.15) is 11.5 Å². The van der Waals surface area contributed by atoms with E-state index < -0.39 is 0 Å². The second-order valence-electron chi connectivity index (χ2n) is 4.07. The van der Waals surface area contributed by atoms with Gasteiger partial charge >= 0.3 is 0 Å². The van der Waals surface area contributed by atoms with E-state index in [1.807, 2.05) is 26.0 Å². The highest BCUT2D eigenvalue weighted by atomic mass is 32.1. The Kier molecular flexibility index (Phi) is 4.69. The highest BCUT2D eigenvalue weighted by Crippen LogP contribution is 2.12. The number of amides is 1. The molecule has 1 aromatic heterocycles. The van der Waals surface area contributed by atoms with E-state index in [4.69, 9.17) is 22.4 Å². The molecule has 1 heterocycles. The lowest BCUT2D eigenvalue weighted by atomic mass is 10.1. The molecule has 1 amide bonds. The van der Waals surface area contributed by atoms with Crippen molar-refractivity contribution in [3.8, 4) is 0 Å². The van der Waals surface area contributed by atoms with Crippen LogP contribution in [0.15, 0.2) is 16.5 Å². The Labute approximate surface area is 107 Å². The summed E-state index contributed by atoms with van der Waals surface area (Å²) in [6, 6.07) is 3.74. The highest BCUT2D eigenvalue weighted by Gasteiger charge is 2.23. The molecule has 17 heavy (non-hydrogen) atoms. The molecule has 2 N–H and O–H groups in total. The Morgan fingerprint density at radius 1 is 1.59 bits per heavy atom. The van der Waals surface area contributed by atoms with E-state index in [2.05, 4.69) is 0 Å². The first-order chi connectivity index (χ1) is 7.95. The van der Waals surface area contributed by atoms with Gasteiger partial charge in [0.2, 0.25) is 5.91 Å². The van der Waals surface area contributed by atoms with Crippen molar-refractivity contribution in [1.29, 1.82) is 0 Å². The average molecular weight is 254 g/mol. The lowest BCUT2D eigenvalue weighted by molar-refractivity contribution is -0.132. The zero-order valence-electron chi connectivity index (χ0n) is 10.4. The summed E-state index contributed by atoms with van der Waals surface area (Å²) in [6.07, 6.45) is 0.621. The fourth-order valence-electron chi connectivity index (χ4n) is 1.65. The Morgan fingerprint density at radius 3 is 2.65 bits per heavy atom. The predicted octanol–water partition coefficient (Wildman–Crippen LogP) is 1.86. The average Bonchev–Trinajstić information content (AvgIpc) is 2.64. The van der Waals surface area contributed by atoms with Crippen molar-refractivity contribution in [2.75, 3.05) is 7.05 Å². The number of carbonyl (C=O) groups excluding carboxylic acids is 1. The third-order valence-corrected chi connectivity index (χ3v) is 2.90. The lowest BCUT2D eigenvalue weighted by Crippen LogP contribution is -2.38. The van der Waals surface area contributed by atoms with Crippen molar-refractivity contribution in [3.05, 3.63) is 23.7 Å². The summed E-state index contributed by atoms with van der Waals surface area (Å²) in [5.74, 6) is 1.15. The van der Waals surface area contributed by atoms with Crippen molar-refractivity contribution in [3.63, 3.8) is 0 Å². The minimum Gasteiger partial charge on any atom is -0.464 e. The van der Waals surface area contributed by atoms with Crippen molar-refractivity contribution in [2.24, 2.45) is 11.7 Å². The number of nitrogens with two attached hydrogens (primary N) is 1. The van der Waals surface area contributed by atoms with E-state index in [1.165, 1.54) is 0 Å². The van der Waals surface area contributed by atoms with Crippen LogP contribution in [0.1, 0.15) is 24.9 Å². The van der Waals surface area contributed by atoms with Crippen molar-refractivity contribution >= 4 is 23.1 Å². The summed E-state index contributed by atoms with van der Waals surface area (Å²) in [6.45, 7) is 4.20. The summed E-state index contributed by atoms with van der Waals surface area (Å²) in [7, 11) is 1.72. The summed E-state index contributed by atoms with van der Waals surface area (Å²) < 4.78 is 5.42. The van der Waals surface area contributed by atoms with E-state index in [0.717, 1.165) is 11.5 Å². The molecule has 0 aliphatic carbocycles. The molecule has 0 aromatic carbocycles. The van der Waals surface area contributed by atoms with Gasteiger partial charge in [-0.2, -0.15) is 0 Å². The van der Waals surface area contributed by atoms with Crippen LogP contribution < -0.4 is 5.73 Å². The Balaban J connectivity index is 2.66. The second kappa shape index (κ2) is 5.82. The molecule has 0 aliphatic rings. The molecule has 0 saturated heterocycles. The lowest BCUT2D eigenvalue weighted by Gasteiger charge is -2.21. The first-order valence-corrected chi connectivity index (χ1v) is 5.96. The third kappa shape index (κ3) is 3.56. The maximum atomic E-state index is 12.0. The number of rotatable bonds is 5. The van der Waals surface area contributed by atoms with Gasteiger partial charge in [-0.15, -0.1) is 0 Å². The normalized spacial score (nSPS) is 12.2. The zero-order chi connectivity index (χ0) is 13.0. The van der Waals surface area contributed by atoms with Crippen LogP contribution >= 0.6 is 12.2 Å².